The maximum atomic E-state index is 4.70. The average molecular weight is 1320 g/mol. The molecule has 0 aromatic heterocycles. The van der Waals surface area contributed by atoms with Gasteiger partial charge in [0, 0.05) is 297 Å². The first-order chi connectivity index (χ1) is 40.6. The van der Waals surface area contributed by atoms with Gasteiger partial charge in [0.1, 0.15) is 0 Å². The summed E-state index contributed by atoms with van der Waals surface area (Å²) >= 11 is 0. The molecule has 0 N–H and O–H groups in total. The molecule has 0 unspecified atom stereocenters. The lowest BCUT2D eigenvalue weighted by Gasteiger charge is -2.11. The smallest absolute Gasteiger partial charge is 0.234 e. The van der Waals surface area contributed by atoms with E-state index < -0.39 is 8.32 Å². The van der Waals surface area contributed by atoms with Gasteiger partial charge in [-0.25, -0.2) is 4.89 Å². The van der Waals surface area contributed by atoms with Gasteiger partial charge in [0.2, 0.25) is 8.32 Å². The summed E-state index contributed by atoms with van der Waals surface area (Å²) in [5, 5.41) is 265. The molecule has 77 nitrogen and oxygen atoms in total. The second-order valence-corrected chi connectivity index (χ2v) is 11.9. The molecule has 0 saturated carbocycles. The summed E-state index contributed by atoms with van der Waals surface area (Å²) < 4.78 is 4.70. The van der Waals surface area contributed by atoms with Crippen LogP contribution in [0.25, 0.3) is 0 Å². The largest absolute Gasteiger partial charge is 0.255 e. The van der Waals surface area contributed by atoms with Gasteiger partial charge in [-0.05, 0) is 100 Å². The number of hydrogen-bond donors (Lipinski definition) is 0. The van der Waals surface area contributed by atoms with E-state index in [-0.39, 0.29) is 0 Å². The Kier molecular flexibility index (Phi) is 69.9. The first-order valence-electron chi connectivity index (χ1n) is 14.8. The maximum Gasteiger partial charge on any atom is 0.234 e. The SMILES string of the molecule is COOOOOOOOOOOOOOOOOOOOOOOOOOOOOOOOOOOOOOOOOOOOOOOOOOOOOOOOOOOOOOOOOOOOOOOOOOOOO[Si](C)(C)C. The van der Waals surface area contributed by atoms with E-state index >= 15 is 0 Å². The van der Waals surface area contributed by atoms with Gasteiger partial charge in [-0.1, -0.05) is 0 Å². The van der Waals surface area contributed by atoms with Crippen LogP contribution >= 0.6 is 0 Å². The molecule has 0 aromatic rings. The summed E-state index contributed by atoms with van der Waals surface area (Å²) in [5.74, 6) is 0. The Morgan fingerprint density at radius 3 is 0.256 bits per heavy atom. The van der Waals surface area contributed by atoms with E-state index in [1.807, 2.05) is 0 Å². The average Bonchev–Trinajstić information content (AvgIpc) is 3.46. The van der Waals surface area contributed by atoms with E-state index in [1.165, 1.54) is 0 Å². The zero-order valence-corrected chi connectivity index (χ0v) is 36.9. The predicted octanol–water partition coefficient (Wildman–Crippen LogP) is -3.73. The van der Waals surface area contributed by atoms with Crippen molar-refractivity contribution in [2.45, 2.75) is 19.6 Å². The molecule has 0 saturated heterocycles. The highest BCUT2D eigenvalue weighted by molar-refractivity contribution is 6.69. The van der Waals surface area contributed by atoms with E-state index in [0.29, 0.717) is 0 Å². The van der Waals surface area contributed by atoms with Crippen LogP contribution < -0.4 is 0 Å². The van der Waals surface area contributed by atoms with Gasteiger partial charge < -0.3 is 0 Å². The van der Waals surface area contributed by atoms with Gasteiger partial charge in [0.15, 0.2) is 0 Å². The summed E-state index contributed by atoms with van der Waals surface area (Å²) in [4.78, 5) is 3.88. The van der Waals surface area contributed by atoms with Gasteiger partial charge in [-0.15, -0.1) is 0 Å². The van der Waals surface area contributed by atoms with E-state index in [1.54, 1.807) is 19.6 Å². The molecule has 0 aliphatic carbocycles. The van der Waals surface area contributed by atoms with Gasteiger partial charge in [-0.3, -0.25) is 4.58 Å². The van der Waals surface area contributed by atoms with Crippen molar-refractivity contribution in [3.63, 3.8) is 0 Å². The zero-order chi connectivity index (χ0) is 58.9. The summed E-state index contributed by atoms with van der Waals surface area (Å²) in [6.45, 7) is 5.26. The fraction of sp³-hybridized carbons (Fsp3) is 1.00. The molecule has 494 valence electrons. The lowest BCUT2D eigenvalue weighted by molar-refractivity contribution is -0.912. The Balaban J connectivity index is 3.09. The normalized spacial score (nSPS) is 12.0. The third kappa shape index (κ3) is 77.1. The van der Waals surface area contributed by atoms with E-state index in [2.05, 4.69) is 383 Å². The van der Waals surface area contributed by atoms with Gasteiger partial charge in [0.05, 0.1) is 7.11 Å². The second-order valence-electron chi connectivity index (χ2n) is 7.47. The summed E-state index contributed by atoms with van der Waals surface area (Å²) in [6.07, 6.45) is 0. The molecule has 0 fully saturated rings. The third-order valence-corrected chi connectivity index (χ3v) is 2.98. The van der Waals surface area contributed by atoms with Crippen LogP contribution in [0.5, 0.6) is 0 Å². The van der Waals surface area contributed by atoms with Crippen molar-refractivity contribution in [2.24, 2.45) is 0 Å². The molecular weight excluding hydrogens is 1310 g/mol. The minimum Gasteiger partial charge on any atom is -0.255 e. The third-order valence-electron chi connectivity index (χ3n) is 2.41. The molecule has 0 bridgehead atoms. The van der Waals surface area contributed by atoms with Crippen LogP contribution in [0.1, 0.15) is 0 Å². The standard InChI is InChI=1S/C4H12O77Si/c1-5-6-7-8-9-10-11-12-13-14-15-16-17-18-19-20-21-22-23-24-25-26-27-28-29-30-31-32-33-34-35-36-37-38-39-40-41-42-43-44-45-46-47-48-49-50-51-52-53-54-55-56-57-58-59-60-61-62-63-64-65-66-67-68-69-70-71-72-73-74-75-76-77-78-79-80-81-82(2,3)4/h1-4H3. The van der Waals surface area contributed by atoms with Crippen LogP contribution in [0.4, 0.5) is 0 Å². The molecule has 0 spiro atoms. The summed E-state index contributed by atoms with van der Waals surface area (Å²) in [7, 11) is -1.01. The topological polar surface area (TPSA) is 711 Å². The molecule has 0 radical (unpaired) electrons. The maximum absolute atomic E-state index is 4.70. The predicted molar refractivity (Wildman–Crippen MR) is 113 cm³/mol. The van der Waals surface area contributed by atoms with Crippen molar-refractivity contribution in [3.8, 4) is 0 Å². The van der Waals surface area contributed by atoms with E-state index in [9.17, 15) is 0 Å². The first kappa shape index (κ1) is 79.1. The van der Waals surface area contributed by atoms with Crippen molar-refractivity contribution in [1.82, 2.24) is 0 Å². The lowest BCUT2D eigenvalue weighted by Crippen LogP contribution is -2.25. The molecule has 0 rings (SSSR count). The second kappa shape index (κ2) is 72.4. The van der Waals surface area contributed by atoms with Crippen LogP contribution in [0.2, 0.25) is 19.6 Å². The highest BCUT2D eigenvalue weighted by Gasteiger charge is 2.17. The molecule has 0 atom stereocenters. The Bertz CT molecular complexity index is 1080. The van der Waals surface area contributed by atoms with Crippen LogP contribution in [0.15, 0.2) is 0 Å². The quantitative estimate of drug-likeness (QED) is 0.0244. The Labute approximate surface area is 424 Å². The van der Waals surface area contributed by atoms with E-state index in [4.69, 9.17) is 4.58 Å². The van der Waals surface area contributed by atoms with Crippen LogP contribution in [-0.2, 0) is 387 Å². The molecule has 0 aliphatic rings. The molecule has 0 heterocycles. The van der Waals surface area contributed by atoms with Gasteiger partial charge in [-0.2, -0.15) is 0 Å². The van der Waals surface area contributed by atoms with E-state index in [0.717, 1.165) is 7.11 Å². The van der Waals surface area contributed by atoms with Crippen LogP contribution in [-0.4, -0.2) is 15.4 Å². The summed E-state index contributed by atoms with van der Waals surface area (Å²) in [5.41, 5.74) is 0. The number of rotatable bonds is 77. The molecule has 0 aromatic carbocycles. The Morgan fingerprint density at radius 2 is 0.183 bits per heavy atom. The Hall–Kier alpha value is -2.86. The number of hydrogen-bond acceptors (Lipinski definition) is 77. The lowest BCUT2D eigenvalue weighted by atomic mass is 11.8. The van der Waals surface area contributed by atoms with Crippen LogP contribution in [0, 0.1) is 0 Å². The fourth-order valence-electron chi connectivity index (χ4n) is 0.972. The highest BCUT2D eigenvalue weighted by Crippen LogP contribution is 2.04. The van der Waals surface area contributed by atoms with Crippen LogP contribution in [0.3, 0.4) is 0 Å². The molecule has 0 amide bonds. The van der Waals surface area contributed by atoms with Gasteiger partial charge >= 0.3 is 0 Å². The monoisotopic (exact) mass is 1320 g/mol. The van der Waals surface area contributed by atoms with Crippen molar-refractivity contribution in [3.05, 3.63) is 0 Å². The molecule has 78 heteroatoms. The minimum atomic E-state index is -2.06. The summed E-state index contributed by atoms with van der Waals surface area (Å²) in [6, 6.07) is 0. The molecule has 0 aliphatic heterocycles. The molecular formula is C4H12O77Si. The fourth-order valence-corrected chi connectivity index (χ4v) is 1.20. The Morgan fingerprint density at radius 1 is 0.110 bits per heavy atom. The van der Waals surface area contributed by atoms with Gasteiger partial charge in [0.25, 0.3) is 0 Å². The first-order valence-corrected chi connectivity index (χ1v) is 18.2. The van der Waals surface area contributed by atoms with Crippen molar-refractivity contribution >= 4 is 8.32 Å². The highest BCUT2D eigenvalue weighted by atomic mass is 28.4. The van der Waals surface area contributed by atoms with Crippen molar-refractivity contribution in [2.75, 3.05) is 7.11 Å². The zero-order valence-electron chi connectivity index (χ0n) is 35.9. The van der Waals surface area contributed by atoms with Crippen molar-refractivity contribution < 1.29 is 387 Å². The molecule has 82 heavy (non-hydrogen) atoms. The van der Waals surface area contributed by atoms with Crippen molar-refractivity contribution in [1.29, 1.82) is 0 Å². The minimum absolute atomic E-state index is 1.05.